The summed E-state index contributed by atoms with van der Waals surface area (Å²) >= 11 is 1.71. The molecule has 1 saturated heterocycles. The molecule has 0 radical (unpaired) electrons. The Kier molecular flexibility index (Phi) is 3.60. The highest BCUT2D eigenvalue weighted by atomic mass is 32.2. The first-order valence-corrected chi connectivity index (χ1v) is 7.75. The van der Waals surface area contributed by atoms with Crippen LogP contribution in [0.25, 0.3) is 0 Å². The Morgan fingerprint density at radius 1 is 1.29 bits per heavy atom. The third kappa shape index (κ3) is 2.41. The van der Waals surface area contributed by atoms with E-state index in [1.54, 1.807) is 11.8 Å². The van der Waals surface area contributed by atoms with Crippen LogP contribution in [0.1, 0.15) is 0 Å². The molecule has 94 valence electrons. The lowest BCUT2D eigenvalue weighted by molar-refractivity contribution is 0.443. The first-order chi connectivity index (χ1) is 8.03. The summed E-state index contributed by atoms with van der Waals surface area (Å²) in [7, 11) is -3.66. The van der Waals surface area contributed by atoms with Crippen molar-refractivity contribution in [3.8, 4) is 0 Å². The monoisotopic (exact) mass is 276 g/mol. The van der Waals surface area contributed by atoms with Gasteiger partial charge in [-0.05, 0) is 12.1 Å². The number of benzene rings is 1. The normalized spacial score (nSPS) is 18.2. The summed E-state index contributed by atoms with van der Waals surface area (Å²) in [6.45, 7) is 0.895. The topological polar surface area (TPSA) is 63.4 Å². The molecule has 0 aromatic heterocycles. The smallest absolute Gasteiger partial charge is 0.245 e. The van der Waals surface area contributed by atoms with Gasteiger partial charge in [-0.3, -0.25) is 0 Å². The fourth-order valence-electron chi connectivity index (χ4n) is 1.67. The second kappa shape index (κ2) is 4.83. The predicted molar refractivity (Wildman–Crippen MR) is 66.9 cm³/mol. The summed E-state index contributed by atoms with van der Waals surface area (Å²) in [5.74, 6) is 0.820. The van der Waals surface area contributed by atoms with Crippen LogP contribution in [0.3, 0.4) is 0 Å². The average molecular weight is 276 g/mol. The maximum atomic E-state index is 13.3. The highest BCUT2D eigenvalue weighted by molar-refractivity contribution is 7.99. The van der Waals surface area contributed by atoms with Crippen molar-refractivity contribution in [2.24, 2.45) is 0 Å². The van der Waals surface area contributed by atoms with E-state index >= 15 is 0 Å². The van der Waals surface area contributed by atoms with Crippen LogP contribution < -0.4 is 5.73 Å². The molecule has 1 aliphatic rings. The van der Waals surface area contributed by atoms with Gasteiger partial charge in [0.1, 0.15) is 10.7 Å². The van der Waals surface area contributed by atoms with Crippen molar-refractivity contribution in [1.82, 2.24) is 4.31 Å². The van der Waals surface area contributed by atoms with Crippen LogP contribution in [0.2, 0.25) is 0 Å². The quantitative estimate of drug-likeness (QED) is 0.823. The molecular formula is C10H13FN2O2S2. The first kappa shape index (κ1) is 12.7. The minimum absolute atomic E-state index is 0.135. The summed E-state index contributed by atoms with van der Waals surface area (Å²) in [6, 6.07) is 3.85. The Labute approximate surface area is 104 Å². The zero-order valence-corrected chi connectivity index (χ0v) is 10.7. The molecule has 4 nitrogen and oxygen atoms in total. The Morgan fingerprint density at radius 2 is 1.94 bits per heavy atom. The van der Waals surface area contributed by atoms with Crippen molar-refractivity contribution in [3.63, 3.8) is 0 Å². The molecule has 1 aliphatic heterocycles. The van der Waals surface area contributed by atoms with Crippen molar-refractivity contribution in [2.45, 2.75) is 4.90 Å². The second-order valence-corrected chi connectivity index (χ2v) is 6.80. The van der Waals surface area contributed by atoms with Crippen molar-refractivity contribution >= 4 is 27.5 Å². The lowest BCUT2D eigenvalue weighted by Gasteiger charge is -2.26. The molecule has 0 atom stereocenters. The lowest BCUT2D eigenvalue weighted by Crippen LogP contribution is -2.38. The molecule has 2 rings (SSSR count). The van der Waals surface area contributed by atoms with E-state index in [1.165, 1.54) is 16.4 Å². The van der Waals surface area contributed by atoms with Gasteiger partial charge >= 0.3 is 0 Å². The number of para-hydroxylation sites is 1. The van der Waals surface area contributed by atoms with E-state index in [0.717, 1.165) is 17.6 Å². The number of hydrogen-bond acceptors (Lipinski definition) is 4. The van der Waals surface area contributed by atoms with E-state index in [1.807, 2.05) is 0 Å². The van der Waals surface area contributed by atoms with Crippen molar-refractivity contribution in [3.05, 3.63) is 24.0 Å². The molecule has 7 heteroatoms. The number of sulfonamides is 1. The number of nitrogen functional groups attached to an aromatic ring is 1. The molecule has 0 bridgehead atoms. The van der Waals surface area contributed by atoms with Gasteiger partial charge in [0, 0.05) is 24.6 Å². The molecule has 0 unspecified atom stereocenters. The minimum atomic E-state index is -3.66. The summed E-state index contributed by atoms with van der Waals surface area (Å²) in [6.07, 6.45) is 0. The summed E-state index contributed by atoms with van der Waals surface area (Å²) in [4.78, 5) is -0.135. The van der Waals surface area contributed by atoms with Crippen LogP contribution in [0, 0.1) is 5.82 Å². The van der Waals surface area contributed by atoms with Crippen LogP contribution >= 0.6 is 11.8 Å². The van der Waals surface area contributed by atoms with Crippen LogP contribution in [-0.2, 0) is 10.0 Å². The maximum Gasteiger partial charge on any atom is 0.245 e. The Balaban J connectivity index is 2.40. The standard InChI is InChI=1S/C10H13FN2O2S2/c11-8-2-1-3-9(10(8)12)17(14,15)13-4-6-16-7-5-13/h1-3H,4-7,12H2. The largest absolute Gasteiger partial charge is 0.395 e. The molecule has 1 aromatic carbocycles. The Bertz CT molecular complexity index is 513. The number of nitrogens with two attached hydrogens (primary N) is 1. The number of anilines is 1. The number of halogens is 1. The van der Waals surface area contributed by atoms with Gasteiger partial charge in [-0.25, -0.2) is 12.8 Å². The van der Waals surface area contributed by atoms with Gasteiger partial charge in [-0.15, -0.1) is 0 Å². The number of rotatable bonds is 2. The minimum Gasteiger partial charge on any atom is -0.395 e. The number of hydrogen-bond donors (Lipinski definition) is 1. The van der Waals surface area contributed by atoms with E-state index in [0.29, 0.717) is 13.1 Å². The van der Waals surface area contributed by atoms with Gasteiger partial charge in [0.2, 0.25) is 10.0 Å². The highest BCUT2D eigenvalue weighted by Gasteiger charge is 2.28. The average Bonchev–Trinajstić information content (AvgIpc) is 2.33. The molecular weight excluding hydrogens is 263 g/mol. The molecule has 17 heavy (non-hydrogen) atoms. The third-order valence-electron chi connectivity index (χ3n) is 2.60. The van der Waals surface area contributed by atoms with E-state index in [9.17, 15) is 12.8 Å². The summed E-state index contributed by atoms with van der Waals surface area (Å²) < 4.78 is 39.1. The lowest BCUT2D eigenvalue weighted by atomic mass is 10.3. The molecule has 0 saturated carbocycles. The number of thioether (sulfide) groups is 1. The predicted octanol–water partition coefficient (Wildman–Crippen LogP) is 1.15. The van der Waals surface area contributed by atoms with Gasteiger partial charge in [0.15, 0.2) is 0 Å². The van der Waals surface area contributed by atoms with Crippen molar-refractivity contribution in [2.75, 3.05) is 30.3 Å². The van der Waals surface area contributed by atoms with E-state index in [-0.39, 0.29) is 10.6 Å². The SMILES string of the molecule is Nc1c(F)cccc1S(=O)(=O)N1CCSCC1. The molecule has 1 heterocycles. The van der Waals surface area contributed by atoms with Crippen molar-refractivity contribution in [1.29, 1.82) is 0 Å². The number of nitrogens with zero attached hydrogens (tertiary/aromatic N) is 1. The zero-order chi connectivity index (χ0) is 12.5. The van der Waals surface area contributed by atoms with Gasteiger partial charge in [-0.1, -0.05) is 6.07 Å². The van der Waals surface area contributed by atoms with E-state index < -0.39 is 15.8 Å². The Morgan fingerprint density at radius 3 is 2.59 bits per heavy atom. The summed E-state index contributed by atoms with van der Waals surface area (Å²) in [5.41, 5.74) is 5.19. The molecule has 1 fully saturated rings. The molecule has 0 aliphatic carbocycles. The van der Waals surface area contributed by atoms with Gasteiger partial charge in [0.05, 0.1) is 5.69 Å². The molecule has 0 spiro atoms. The highest BCUT2D eigenvalue weighted by Crippen LogP contribution is 2.26. The zero-order valence-electron chi connectivity index (χ0n) is 9.10. The van der Waals surface area contributed by atoms with Crippen LogP contribution in [0.15, 0.2) is 23.1 Å². The Hall–Kier alpha value is -0.790. The first-order valence-electron chi connectivity index (χ1n) is 5.15. The summed E-state index contributed by atoms with van der Waals surface area (Å²) in [5, 5.41) is 0. The van der Waals surface area contributed by atoms with Crippen LogP contribution in [0.5, 0.6) is 0 Å². The van der Waals surface area contributed by atoms with Crippen molar-refractivity contribution < 1.29 is 12.8 Å². The van der Waals surface area contributed by atoms with E-state index in [4.69, 9.17) is 5.73 Å². The van der Waals surface area contributed by atoms with E-state index in [2.05, 4.69) is 0 Å². The van der Waals surface area contributed by atoms with Crippen LogP contribution in [0.4, 0.5) is 10.1 Å². The molecule has 0 amide bonds. The van der Waals surface area contributed by atoms with Gasteiger partial charge in [0.25, 0.3) is 0 Å². The fraction of sp³-hybridized carbons (Fsp3) is 0.400. The maximum absolute atomic E-state index is 13.3. The van der Waals surface area contributed by atoms with Gasteiger partial charge in [-0.2, -0.15) is 16.1 Å². The van der Waals surface area contributed by atoms with Gasteiger partial charge < -0.3 is 5.73 Å². The molecule has 1 aromatic rings. The molecule has 2 N–H and O–H groups in total. The van der Waals surface area contributed by atoms with Crippen LogP contribution in [-0.4, -0.2) is 37.3 Å². The second-order valence-electron chi connectivity index (χ2n) is 3.67. The third-order valence-corrected chi connectivity index (χ3v) is 5.50. The fourth-order valence-corrected chi connectivity index (χ4v) is 4.37.